The zero-order chi connectivity index (χ0) is 12.6. The van der Waals surface area contributed by atoms with Crippen molar-refractivity contribution in [3.8, 4) is 0 Å². The lowest BCUT2D eigenvalue weighted by Crippen LogP contribution is -2.35. The standard InChI is InChI=1S/C12H13FN2O2/c1-7-5-8-10(9(13)6-7)15(4-3-14-2)12(17)11(8)16/h5-6,14H,3-4H2,1-2H3. The van der Waals surface area contributed by atoms with E-state index in [1.165, 1.54) is 11.0 Å². The van der Waals surface area contributed by atoms with Gasteiger partial charge in [0.25, 0.3) is 11.7 Å². The molecule has 0 saturated carbocycles. The molecule has 0 saturated heterocycles. The number of rotatable bonds is 3. The molecule has 1 aromatic rings. The minimum atomic E-state index is -0.653. The zero-order valence-corrected chi connectivity index (χ0v) is 9.71. The largest absolute Gasteiger partial charge is 0.318 e. The molecule has 1 aromatic carbocycles. The van der Waals surface area contributed by atoms with Gasteiger partial charge in [0.1, 0.15) is 5.82 Å². The molecule has 0 fully saturated rings. The fourth-order valence-electron chi connectivity index (χ4n) is 1.96. The van der Waals surface area contributed by atoms with Crippen LogP contribution >= 0.6 is 0 Å². The summed E-state index contributed by atoms with van der Waals surface area (Å²) < 4.78 is 13.8. The Morgan fingerprint density at radius 3 is 2.71 bits per heavy atom. The van der Waals surface area contributed by atoms with Crippen LogP contribution in [0.1, 0.15) is 15.9 Å². The first-order valence-electron chi connectivity index (χ1n) is 5.37. The first-order valence-corrected chi connectivity index (χ1v) is 5.37. The second-order valence-electron chi connectivity index (χ2n) is 4.03. The number of carbonyl (C=O) groups excluding carboxylic acids is 2. The molecule has 0 unspecified atom stereocenters. The number of carbonyl (C=O) groups is 2. The van der Waals surface area contributed by atoms with Gasteiger partial charge in [-0.25, -0.2) is 4.39 Å². The average Bonchev–Trinajstić information content (AvgIpc) is 2.51. The van der Waals surface area contributed by atoms with Crippen molar-refractivity contribution < 1.29 is 14.0 Å². The SMILES string of the molecule is CNCCN1C(=O)C(=O)c2cc(C)cc(F)c21. The molecule has 0 radical (unpaired) electrons. The Labute approximate surface area is 98.4 Å². The fourth-order valence-corrected chi connectivity index (χ4v) is 1.96. The second kappa shape index (κ2) is 4.25. The van der Waals surface area contributed by atoms with Crippen molar-refractivity contribution >= 4 is 17.4 Å². The highest BCUT2D eigenvalue weighted by molar-refractivity contribution is 6.52. The summed E-state index contributed by atoms with van der Waals surface area (Å²) >= 11 is 0. The highest BCUT2D eigenvalue weighted by atomic mass is 19.1. The van der Waals surface area contributed by atoms with E-state index in [0.717, 1.165) is 0 Å². The molecule has 2 rings (SSSR count). The molecule has 0 bridgehead atoms. The van der Waals surface area contributed by atoms with E-state index >= 15 is 0 Å². The van der Waals surface area contributed by atoms with E-state index in [-0.39, 0.29) is 17.8 Å². The van der Waals surface area contributed by atoms with Gasteiger partial charge in [0.2, 0.25) is 0 Å². The minimum Gasteiger partial charge on any atom is -0.318 e. The number of hydrogen-bond acceptors (Lipinski definition) is 3. The van der Waals surface area contributed by atoms with Gasteiger partial charge in [0.05, 0.1) is 11.3 Å². The van der Waals surface area contributed by atoms with Gasteiger partial charge in [-0.15, -0.1) is 0 Å². The van der Waals surface area contributed by atoms with Crippen LogP contribution in [0.2, 0.25) is 0 Å². The second-order valence-corrected chi connectivity index (χ2v) is 4.03. The highest BCUT2D eigenvalue weighted by Crippen LogP contribution is 2.32. The molecule has 0 aliphatic carbocycles. The molecular weight excluding hydrogens is 223 g/mol. The molecule has 90 valence electrons. The van der Waals surface area contributed by atoms with Gasteiger partial charge in [-0.3, -0.25) is 9.59 Å². The number of fused-ring (bicyclic) bond motifs is 1. The van der Waals surface area contributed by atoms with E-state index < -0.39 is 17.5 Å². The molecule has 1 N–H and O–H groups in total. The summed E-state index contributed by atoms with van der Waals surface area (Å²) in [5.41, 5.74) is 0.919. The van der Waals surface area contributed by atoms with Gasteiger partial charge in [-0.1, -0.05) is 0 Å². The van der Waals surface area contributed by atoms with E-state index in [4.69, 9.17) is 0 Å². The van der Waals surface area contributed by atoms with Gasteiger partial charge < -0.3 is 10.2 Å². The van der Waals surface area contributed by atoms with Crippen LogP contribution in [0.25, 0.3) is 0 Å². The van der Waals surface area contributed by atoms with Crippen LogP contribution in [0, 0.1) is 12.7 Å². The van der Waals surface area contributed by atoms with E-state index in [1.807, 2.05) is 0 Å². The van der Waals surface area contributed by atoms with Crippen LogP contribution < -0.4 is 10.2 Å². The average molecular weight is 236 g/mol. The molecule has 4 nitrogen and oxygen atoms in total. The Balaban J connectivity index is 2.48. The van der Waals surface area contributed by atoms with Crippen molar-refractivity contribution in [2.45, 2.75) is 6.92 Å². The van der Waals surface area contributed by atoms with Crippen LogP contribution in [-0.2, 0) is 4.79 Å². The number of nitrogens with zero attached hydrogens (tertiary/aromatic N) is 1. The third-order valence-electron chi connectivity index (χ3n) is 2.75. The third-order valence-corrected chi connectivity index (χ3v) is 2.75. The summed E-state index contributed by atoms with van der Waals surface area (Å²) in [6.45, 7) is 2.48. The van der Waals surface area contributed by atoms with Gasteiger partial charge in [-0.2, -0.15) is 0 Å². The molecule has 17 heavy (non-hydrogen) atoms. The third kappa shape index (κ3) is 1.82. The van der Waals surface area contributed by atoms with Gasteiger partial charge in [0.15, 0.2) is 0 Å². The van der Waals surface area contributed by atoms with Gasteiger partial charge >= 0.3 is 0 Å². The van der Waals surface area contributed by atoms with E-state index in [1.54, 1.807) is 20.0 Å². The first-order chi connectivity index (χ1) is 8.06. The van der Waals surface area contributed by atoms with Crippen LogP contribution in [0.3, 0.4) is 0 Å². The monoisotopic (exact) mass is 236 g/mol. The molecule has 0 spiro atoms. The van der Waals surface area contributed by atoms with E-state index in [9.17, 15) is 14.0 Å². The van der Waals surface area contributed by atoms with Gasteiger partial charge in [-0.05, 0) is 31.7 Å². The van der Waals surface area contributed by atoms with Crippen molar-refractivity contribution in [3.05, 3.63) is 29.1 Å². The van der Waals surface area contributed by atoms with Gasteiger partial charge in [0, 0.05) is 13.1 Å². The molecule has 1 heterocycles. The first kappa shape index (κ1) is 11.7. The molecule has 0 atom stereocenters. The quantitative estimate of drug-likeness (QED) is 0.793. The van der Waals surface area contributed by atoms with Crippen LogP contribution in [0.4, 0.5) is 10.1 Å². The highest BCUT2D eigenvalue weighted by Gasteiger charge is 2.37. The maximum Gasteiger partial charge on any atom is 0.299 e. The zero-order valence-electron chi connectivity index (χ0n) is 9.71. The topological polar surface area (TPSA) is 49.4 Å². The number of hydrogen-bond donors (Lipinski definition) is 1. The lowest BCUT2D eigenvalue weighted by molar-refractivity contribution is -0.114. The normalized spacial score (nSPS) is 14.4. The lowest BCUT2D eigenvalue weighted by atomic mass is 10.1. The predicted molar refractivity (Wildman–Crippen MR) is 61.7 cm³/mol. The maximum atomic E-state index is 13.8. The molecular formula is C12H13FN2O2. The predicted octanol–water partition coefficient (Wildman–Crippen LogP) is 0.883. The molecule has 1 amide bonds. The Morgan fingerprint density at radius 1 is 1.35 bits per heavy atom. The summed E-state index contributed by atoms with van der Waals surface area (Å²) in [4.78, 5) is 24.6. The number of benzene rings is 1. The van der Waals surface area contributed by atoms with Crippen molar-refractivity contribution in [1.82, 2.24) is 5.32 Å². The summed E-state index contributed by atoms with van der Waals surface area (Å²) in [6.07, 6.45) is 0. The number of anilines is 1. The Morgan fingerprint density at radius 2 is 2.06 bits per heavy atom. The summed E-state index contributed by atoms with van der Waals surface area (Å²) in [5.74, 6) is -1.80. The maximum absolute atomic E-state index is 13.8. The van der Waals surface area contributed by atoms with Crippen LogP contribution in [0.5, 0.6) is 0 Å². The summed E-state index contributed by atoms with van der Waals surface area (Å²) in [7, 11) is 1.73. The number of ketones is 1. The van der Waals surface area contributed by atoms with Crippen molar-refractivity contribution in [3.63, 3.8) is 0 Å². The number of aryl methyl sites for hydroxylation is 1. The summed E-state index contributed by atoms with van der Waals surface area (Å²) in [6, 6.07) is 2.88. The van der Waals surface area contributed by atoms with Crippen LogP contribution in [-0.4, -0.2) is 31.8 Å². The Hall–Kier alpha value is -1.75. The smallest absolute Gasteiger partial charge is 0.299 e. The van der Waals surface area contributed by atoms with E-state index in [0.29, 0.717) is 12.1 Å². The number of likely N-dealkylation sites (N-methyl/N-ethyl adjacent to an activating group) is 1. The van der Waals surface area contributed by atoms with Crippen LogP contribution in [0.15, 0.2) is 12.1 Å². The number of Topliss-reactive ketones (excluding diaryl/α,β-unsaturated/α-hetero) is 1. The number of halogens is 1. The Kier molecular flexibility index (Phi) is 2.93. The number of amides is 1. The fraction of sp³-hybridized carbons (Fsp3) is 0.333. The van der Waals surface area contributed by atoms with E-state index in [2.05, 4.69) is 5.32 Å². The number of nitrogens with one attached hydrogen (secondary N) is 1. The molecule has 1 aliphatic rings. The molecule has 5 heteroatoms. The minimum absolute atomic E-state index is 0.112. The van der Waals surface area contributed by atoms with Crippen molar-refractivity contribution in [2.24, 2.45) is 0 Å². The summed E-state index contributed by atoms with van der Waals surface area (Å²) in [5, 5.41) is 2.86. The lowest BCUT2D eigenvalue weighted by Gasteiger charge is -2.16. The molecule has 1 aliphatic heterocycles. The molecule has 0 aromatic heterocycles. The Bertz CT molecular complexity index is 500. The van der Waals surface area contributed by atoms with Crippen molar-refractivity contribution in [1.29, 1.82) is 0 Å². The van der Waals surface area contributed by atoms with Crippen molar-refractivity contribution in [2.75, 3.05) is 25.0 Å².